The van der Waals surface area contributed by atoms with Gasteiger partial charge in [0.2, 0.25) is 0 Å². The van der Waals surface area contributed by atoms with Crippen LogP contribution < -0.4 is 5.32 Å². The third-order valence-electron chi connectivity index (χ3n) is 2.76. The van der Waals surface area contributed by atoms with E-state index in [1.165, 1.54) is 0 Å². The molecular weight excluding hydrogens is 294 g/mol. The molecule has 2 aromatic rings. The van der Waals surface area contributed by atoms with Gasteiger partial charge in [0.25, 0.3) is 5.91 Å². The van der Waals surface area contributed by atoms with Crippen LogP contribution in [-0.4, -0.2) is 27.2 Å². The molecule has 2 rings (SSSR count). The van der Waals surface area contributed by atoms with Crippen LogP contribution in [-0.2, 0) is 0 Å². The smallest absolute Gasteiger partial charge is 0.253 e. The van der Waals surface area contributed by atoms with Crippen LogP contribution in [0.4, 0.5) is 0 Å². The summed E-state index contributed by atoms with van der Waals surface area (Å²) in [5.41, 5.74) is 1.94. The fraction of sp³-hybridized carbons (Fsp3) is 0.308. The van der Waals surface area contributed by atoms with Gasteiger partial charge in [-0.05, 0) is 18.6 Å². The third-order valence-corrected chi connectivity index (χ3v) is 3.54. The first-order chi connectivity index (χ1) is 8.76. The fourth-order valence-electron chi connectivity index (χ4n) is 1.69. The molecule has 4 nitrogen and oxygen atoms in total. The van der Waals surface area contributed by atoms with E-state index in [-0.39, 0.29) is 11.9 Å². The van der Waals surface area contributed by atoms with E-state index in [1.807, 2.05) is 19.1 Å². The highest BCUT2D eigenvalue weighted by molar-refractivity contribution is 9.09. The van der Waals surface area contributed by atoms with Crippen LogP contribution in [0.15, 0.2) is 30.6 Å². The molecule has 5 heteroatoms. The predicted molar refractivity (Wildman–Crippen MR) is 74.9 cm³/mol. The quantitative estimate of drug-likeness (QED) is 0.883. The molecule has 1 aromatic carbocycles. The zero-order valence-corrected chi connectivity index (χ0v) is 11.6. The van der Waals surface area contributed by atoms with Crippen molar-refractivity contribution in [2.75, 3.05) is 5.33 Å². The summed E-state index contributed by atoms with van der Waals surface area (Å²) < 4.78 is 0. The lowest BCUT2D eigenvalue weighted by Gasteiger charge is -2.14. The molecule has 94 valence electrons. The van der Waals surface area contributed by atoms with E-state index in [0.717, 1.165) is 17.3 Å². The molecule has 1 unspecified atom stereocenters. The average molecular weight is 308 g/mol. The number of amides is 1. The molecule has 1 aromatic heterocycles. The van der Waals surface area contributed by atoms with Gasteiger partial charge in [-0.1, -0.05) is 28.9 Å². The van der Waals surface area contributed by atoms with Crippen molar-refractivity contribution < 1.29 is 4.79 Å². The number of hydrogen-bond acceptors (Lipinski definition) is 3. The summed E-state index contributed by atoms with van der Waals surface area (Å²) in [5.74, 6) is -0.104. The Labute approximate surface area is 114 Å². The molecule has 1 heterocycles. The molecule has 0 aliphatic rings. The van der Waals surface area contributed by atoms with Crippen LogP contribution in [0.2, 0.25) is 0 Å². The average Bonchev–Trinajstić information content (AvgIpc) is 2.43. The molecule has 1 atom stereocenters. The number of alkyl halides is 1. The van der Waals surface area contributed by atoms with Crippen LogP contribution >= 0.6 is 15.9 Å². The van der Waals surface area contributed by atoms with Crippen LogP contribution in [0, 0.1) is 0 Å². The van der Waals surface area contributed by atoms with Crippen LogP contribution in [0.3, 0.4) is 0 Å². The second-order valence-electron chi connectivity index (χ2n) is 3.96. The maximum atomic E-state index is 12.2. The van der Waals surface area contributed by atoms with E-state index >= 15 is 0 Å². The maximum Gasteiger partial charge on any atom is 0.253 e. The molecule has 0 spiro atoms. The molecule has 0 radical (unpaired) electrons. The summed E-state index contributed by atoms with van der Waals surface area (Å²) in [4.78, 5) is 20.6. The van der Waals surface area contributed by atoms with E-state index in [0.29, 0.717) is 11.1 Å². The summed E-state index contributed by atoms with van der Waals surface area (Å²) in [5, 5.41) is 3.71. The monoisotopic (exact) mass is 307 g/mol. The van der Waals surface area contributed by atoms with Crippen molar-refractivity contribution in [2.45, 2.75) is 19.4 Å². The summed E-state index contributed by atoms with van der Waals surface area (Å²) >= 11 is 3.38. The Balaban J connectivity index is 2.33. The zero-order valence-electron chi connectivity index (χ0n) is 10.1. The molecule has 0 saturated heterocycles. The summed E-state index contributed by atoms with van der Waals surface area (Å²) in [6.07, 6.45) is 4.10. The first-order valence-corrected chi connectivity index (χ1v) is 6.95. The van der Waals surface area contributed by atoms with Crippen molar-refractivity contribution in [1.82, 2.24) is 15.3 Å². The molecule has 1 N–H and O–H groups in total. The number of fused-ring (bicyclic) bond motifs is 1. The van der Waals surface area contributed by atoms with Crippen molar-refractivity contribution in [3.8, 4) is 0 Å². The maximum absolute atomic E-state index is 12.2. The van der Waals surface area contributed by atoms with Crippen LogP contribution in [0.1, 0.15) is 23.7 Å². The Morgan fingerprint density at radius 3 is 2.89 bits per heavy atom. The van der Waals surface area contributed by atoms with E-state index in [4.69, 9.17) is 0 Å². The van der Waals surface area contributed by atoms with Gasteiger partial charge in [0.15, 0.2) is 0 Å². The fourth-order valence-corrected chi connectivity index (χ4v) is 2.31. The van der Waals surface area contributed by atoms with Crippen LogP contribution in [0.25, 0.3) is 11.0 Å². The van der Waals surface area contributed by atoms with Crippen molar-refractivity contribution in [2.24, 2.45) is 0 Å². The number of halogens is 1. The van der Waals surface area contributed by atoms with E-state index in [1.54, 1.807) is 18.5 Å². The largest absolute Gasteiger partial charge is 0.348 e. The summed E-state index contributed by atoms with van der Waals surface area (Å²) in [6, 6.07) is 5.57. The molecule has 1 amide bonds. The highest BCUT2D eigenvalue weighted by Gasteiger charge is 2.14. The number of rotatable bonds is 4. The van der Waals surface area contributed by atoms with Crippen molar-refractivity contribution in [3.05, 3.63) is 36.2 Å². The topological polar surface area (TPSA) is 54.9 Å². The third kappa shape index (κ3) is 2.67. The van der Waals surface area contributed by atoms with Gasteiger partial charge >= 0.3 is 0 Å². The molecule has 0 aliphatic heterocycles. The zero-order chi connectivity index (χ0) is 13.0. The van der Waals surface area contributed by atoms with Gasteiger partial charge in [-0.3, -0.25) is 14.8 Å². The first-order valence-electron chi connectivity index (χ1n) is 5.82. The molecular formula is C13H14BrN3O. The van der Waals surface area contributed by atoms with Crippen LogP contribution in [0.5, 0.6) is 0 Å². The van der Waals surface area contributed by atoms with E-state index in [2.05, 4.69) is 31.2 Å². The normalized spacial score (nSPS) is 12.3. The number of hydrogen-bond donors (Lipinski definition) is 1. The Morgan fingerprint density at radius 1 is 1.39 bits per heavy atom. The SMILES string of the molecule is CCC(CBr)NC(=O)c1cccc2nccnc12. The highest BCUT2D eigenvalue weighted by atomic mass is 79.9. The summed E-state index contributed by atoms with van der Waals surface area (Å²) in [6.45, 7) is 2.04. The molecule has 0 aliphatic carbocycles. The number of para-hydroxylation sites is 1. The first kappa shape index (κ1) is 13.0. The summed E-state index contributed by atoms with van der Waals surface area (Å²) in [7, 11) is 0. The van der Waals surface area contributed by atoms with Gasteiger partial charge in [-0.15, -0.1) is 0 Å². The number of nitrogens with one attached hydrogen (secondary N) is 1. The van der Waals surface area contributed by atoms with Crippen molar-refractivity contribution in [1.29, 1.82) is 0 Å². The molecule has 0 saturated carbocycles. The standard InChI is InChI=1S/C13H14BrN3O/c1-2-9(8-14)17-13(18)10-4-3-5-11-12(10)16-7-6-15-11/h3-7,9H,2,8H2,1H3,(H,17,18). The number of aromatic nitrogens is 2. The van der Waals surface area contributed by atoms with Gasteiger partial charge in [0.1, 0.15) is 5.52 Å². The highest BCUT2D eigenvalue weighted by Crippen LogP contribution is 2.14. The minimum atomic E-state index is -0.104. The van der Waals surface area contributed by atoms with Gasteiger partial charge < -0.3 is 5.32 Å². The van der Waals surface area contributed by atoms with Gasteiger partial charge in [0, 0.05) is 23.8 Å². The minimum absolute atomic E-state index is 0.104. The van der Waals surface area contributed by atoms with Gasteiger partial charge in [0.05, 0.1) is 11.1 Å². The number of benzene rings is 1. The molecule has 18 heavy (non-hydrogen) atoms. The second kappa shape index (κ2) is 5.91. The number of carbonyl (C=O) groups is 1. The lowest BCUT2D eigenvalue weighted by Crippen LogP contribution is -2.35. The van der Waals surface area contributed by atoms with Gasteiger partial charge in [-0.2, -0.15) is 0 Å². The second-order valence-corrected chi connectivity index (χ2v) is 4.61. The van der Waals surface area contributed by atoms with E-state index < -0.39 is 0 Å². The predicted octanol–water partition coefficient (Wildman–Crippen LogP) is 2.53. The Bertz CT molecular complexity index is 549. The lowest BCUT2D eigenvalue weighted by atomic mass is 10.1. The molecule has 0 bridgehead atoms. The Hall–Kier alpha value is -1.49. The van der Waals surface area contributed by atoms with Crippen molar-refractivity contribution in [3.63, 3.8) is 0 Å². The Morgan fingerprint density at radius 2 is 2.17 bits per heavy atom. The van der Waals surface area contributed by atoms with Crippen molar-refractivity contribution >= 4 is 32.9 Å². The number of carbonyl (C=O) groups excluding carboxylic acids is 1. The Kier molecular flexibility index (Phi) is 4.25. The van der Waals surface area contributed by atoms with Gasteiger partial charge in [-0.25, -0.2) is 0 Å². The molecule has 0 fully saturated rings. The lowest BCUT2D eigenvalue weighted by molar-refractivity contribution is 0.0941. The van der Waals surface area contributed by atoms with E-state index in [9.17, 15) is 4.79 Å². The number of nitrogens with zero attached hydrogens (tertiary/aromatic N) is 2. The minimum Gasteiger partial charge on any atom is -0.348 e.